The van der Waals surface area contributed by atoms with Crippen LogP contribution < -0.4 is 0 Å². The van der Waals surface area contributed by atoms with Crippen molar-refractivity contribution in [3.63, 3.8) is 0 Å². The Morgan fingerprint density at radius 1 is 1.26 bits per heavy atom. The van der Waals surface area contributed by atoms with E-state index in [2.05, 4.69) is 5.16 Å². The predicted octanol–water partition coefficient (Wildman–Crippen LogP) is 2.91. The molecule has 4 heteroatoms. The number of carbonyl (C=O) groups is 1. The van der Waals surface area contributed by atoms with Gasteiger partial charge in [0.15, 0.2) is 5.78 Å². The van der Waals surface area contributed by atoms with Crippen LogP contribution in [-0.2, 0) is 0 Å². The van der Waals surface area contributed by atoms with E-state index in [1.54, 1.807) is 13.1 Å². The van der Waals surface area contributed by atoms with Gasteiger partial charge in [0.25, 0.3) is 0 Å². The molecule has 0 saturated heterocycles. The van der Waals surface area contributed by atoms with Crippen LogP contribution >= 0.6 is 0 Å². The highest BCUT2D eigenvalue weighted by Gasteiger charge is 2.19. The van der Waals surface area contributed by atoms with Crippen LogP contribution in [0, 0.1) is 6.92 Å². The molecule has 0 spiro atoms. The first kappa shape index (κ1) is 13.1. The Hall–Kier alpha value is -2.36. The molecule has 0 saturated carbocycles. The fourth-order valence-electron chi connectivity index (χ4n) is 1.76. The Labute approximate surface area is 112 Å². The zero-order valence-corrected chi connectivity index (χ0v) is 11.3. The SMILES string of the molecule is Cc1onc(-c2ccccc2)c1C(=O)/C=C/N(C)C. The molecule has 0 fully saturated rings. The Balaban J connectivity index is 2.41. The molecular weight excluding hydrogens is 240 g/mol. The summed E-state index contributed by atoms with van der Waals surface area (Å²) >= 11 is 0. The summed E-state index contributed by atoms with van der Waals surface area (Å²) < 4.78 is 5.16. The minimum absolute atomic E-state index is 0.105. The van der Waals surface area contributed by atoms with Gasteiger partial charge in [0, 0.05) is 31.9 Å². The van der Waals surface area contributed by atoms with Gasteiger partial charge in [0.2, 0.25) is 0 Å². The largest absolute Gasteiger partial charge is 0.383 e. The molecular formula is C15H16N2O2. The lowest BCUT2D eigenvalue weighted by Crippen LogP contribution is -2.04. The van der Waals surface area contributed by atoms with Crippen molar-refractivity contribution in [1.29, 1.82) is 0 Å². The lowest BCUT2D eigenvalue weighted by atomic mass is 10.0. The Kier molecular flexibility index (Phi) is 3.80. The highest BCUT2D eigenvalue weighted by molar-refractivity contribution is 6.09. The fraction of sp³-hybridized carbons (Fsp3) is 0.200. The highest BCUT2D eigenvalue weighted by atomic mass is 16.5. The normalized spacial score (nSPS) is 10.9. The highest BCUT2D eigenvalue weighted by Crippen LogP contribution is 2.25. The average Bonchev–Trinajstić information content (AvgIpc) is 2.79. The number of aromatic nitrogens is 1. The summed E-state index contributed by atoms with van der Waals surface area (Å²) in [6.45, 7) is 1.75. The van der Waals surface area contributed by atoms with Crippen LogP contribution in [0.3, 0.4) is 0 Å². The van der Waals surface area contributed by atoms with Gasteiger partial charge in [-0.2, -0.15) is 0 Å². The van der Waals surface area contributed by atoms with Crippen LogP contribution in [-0.4, -0.2) is 29.9 Å². The summed E-state index contributed by atoms with van der Waals surface area (Å²) in [6, 6.07) is 9.55. The van der Waals surface area contributed by atoms with Gasteiger partial charge in [-0.15, -0.1) is 0 Å². The minimum atomic E-state index is -0.105. The van der Waals surface area contributed by atoms with Gasteiger partial charge in [-0.25, -0.2) is 0 Å². The number of hydrogen-bond donors (Lipinski definition) is 0. The third-order valence-corrected chi connectivity index (χ3v) is 2.68. The van der Waals surface area contributed by atoms with Gasteiger partial charge in [-0.3, -0.25) is 4.79 Å². The number of allylic oxidation sites excluding steroid dienone is 1. The van der Waals surface area contributed by atoms with Gasteiger partial charge in [0.1, 0.15) is 11.5 Å². The Bertz CT molecular complexity index is 598. The summed E-state index contributed by atoms with van der Waals surface area (Å²) in [5.74, 6) is 0.429. The van der Waals surface area contributed by atoms with E-state index in [4.69, 9.17) is 4.52 Å². The average molecular weight is 256 g/mol. The van der Waals surface area contributed by atoms with Crippen molar-refractivity contribution in [2.24, 2.45) is 0 Å². The van der Waals surface area contributed by atoms with Gasteiger partial charge in [-0.1, -0.05) is 35.5 Å². The monoisotopic (exact) mass is 256 g/mol. The number of nitrogens with zero attached hydrogens (tertiary/aromatic N) is 2. The van der Waals surface area contributed by atoms with E-state index >= 15 is 0 Å². The molecule has 2 aromatic rings. The molecule has 2 rings (SSSR count). The van der Waals surface area contributed by atoms with Crippen LogP contribution in [0.1, 0.15) is 16.1 Å². The predicted molar refractivity (Wildman–Crippen MR) is 73.8 cm³/mol. The van der Waals surface area contributed by atoms with Crippen LogP contribution in [0.4, 0.5) is 0 Å². The van der Waals surface area contributed by atoms with Crippen molar-refractivity contribution in [1.82, 2.24) is 10.1 Å². The third kappa shape index (κ3) is 2.91. The first-order chi connectivity index (χ1) is 9.09. The van der Waals surface area contributed by atoms with Crippen LogP contribution in [0.25, 0.3) is 11.3 Å². The van der Waals surface area contributed by atoms with Gasteiger partial charge < -0.3 is 9.42 Å². The first-order valence-electron chi connectivity index (χ1n) is 6.00. The summed E-state index contributed by atoms with van der Waals surface area (Å²) in [5.41, 5.74) is 1.98. The fourth-order valence-corrected chi connectivity index (χ4v) is 1.76. The van der Waals surface area contributed by atoms with E-state index in [9.17, 15) is 4.79 Å². The zero-order chi connectivity index (χ0) is 13.8. The third-order valence-electron chi connectivity index (χ3n) is 2.68. The van der Waals surface area contributed by atoms with Crippen molar-refractivity contribution >= 4 is 5.78 Å². The smallest absolute Gasteiger partial charge is 0.193 e. The van der Waals surface area contributed by atoms with E-state index in [0.29, 0.717) is 17.0 Å². The molecule has 1 aromatic carbocycles. The van der Waals surface area contributed by atoms with Crippen molar-refractivity contribution < 1.29 is 9.32 Å². The summed E-state index contributed by atoms with van der Waals surface area (Å²) in [4.78, 5) is 14.0. The van der Waals surface area contributed by atoms with E-state index < -0.39 is 0 Å². The molecule has 19 heavy (non-hydrogen) atoms. The second-order valence-corrected chi connectivity index (χ2v) is 4.47. The van der Waals surface area contributed by atoms with Gasteiger partial charge in [0.05, 0.1) is 5.56 Å². The molecule has 0 amide bonds. The summed E-state index contributed by atoms with van der Waals surface area (Å²) in [5, 5.41) is 3.99. The number of benzene rings is 1. The second kappa shape index (κ2) is 5.52. The zero-order valence-electron chi connectivity index (χ0n) is 11.3. The molecule has 0 N–H and O–H groups in total. The van der Waals surface area contributed by atoms with E-state index in [1.807, 2.05) is 49.3 Å². The van der Waals surface area contributed by atoms with Crippen molar-refractivity contribution in [2.75, 3.05) is 14.1 Å². The van der Waals surface area contributed by atoms with Crippen molar-refractivity contribution in [2.45, 2.75) is 6.92 Å². The first-order valence-corrected chi connectivity index (χ1v) is 6.00. The number of hydrogen-bond acceptors (Lipinski definition) is 4. The molecule has 98 valence electrons. The molecule has 0 atom stereocenters. The number of carbonyl (C=O) groups excluding carboxylic acids is 1. The standard InChI is InChI=1S/C15H16N2O2/c1-11-14(13(18)9-10-17(2)3)15(16-19-11)12-7-5-4-6-8-12/h4-10H,1-3H3/b10-9+. The van der Waals surface area contributed by atoms with Crippen LogP contribution in [0.5, 0.6) is 0 Å². The lowest BCUT2D eigenvalue weighted by Gasteiger charge is -2.03. The van der Waals surface area contributed by atoms with Crippen LogP contribution in [0.15, 0.2) is 47.1 Å². The molecule has 0 unspecified atom stereocenters. The van der Waals surface area contributed by atoms with Gasteiger partial charge >= 0.3 is 0 Å². The Morgan fingerprint density at radius 3 is 2.58 bits per heavy atom. The molecule has 0 aliphatic carbocycles. The van der Waals surface area contributed by atoms with E-state index in [0.717, 1.165) is 5.56 Å². The molecule has 4 nitrogen and oxygen atoms in total. The summed E-state index contributed by atoms with van der Waals surface area (Å²) in [6.07, 6.45) is 3.23. The van der Waals surface area contributed by atoms with Crippen molar-refractivity contribution in [3.05, 3.63) is 53.9 Å². The molecule has 1 heterocycles. The van der Waals surface area contributed by atoms with Crippen molar-refractivity contribution in [3.8, 4) is 11.3 Å². The maximum atomic E-state index is 12.2. The quantitative estimate of drug-likeness (QED) is 0.623. The van der Waals surface area contributed by atoms with E-state index in [-0.39, 0.29) is 5.78 Å². The number of aryl methyl sites for hydroxylation is 1. The molecule has 0 aliphatic rings. The maximum Gasteiger partial charge on any atom is 0.193 e. The van der Waals surface area contributed by atoms with Crippen LogP contribution in [0.2, 0.25) is 0 Å². The molecule has 0 aliphatic heterocycles. The lowest BCUT2D eigenvalue weighted by molar-refractivity contribution is 0.104. The topological polar surface area (TPSA) is 46.3 Å². The molecule has 0 radical (unpaired) electrons. The number of rotatable bonds is 4. The second-order valence-electron chi connectivity index (χ2n) is 4.47. The minimum Gasteiger partial charge on any atom is -0.383 e. The van der Waals surface area contributed by atoms with Gasteiger partial charge in [-0.05, 0) is 6.92 Å². The van der Waals surface area contributed by atoms with E-state index in [1.165, 1.54) is 6.08 Å². The Morgan fingerprint density at radius 2 is 1.95 bits per heavy atom. The molecule has 0 bridgehead atoms. The number of ketones is 1. The summed E-state index contributed by atoms with van der Waals surface area (Å²) in [7, 11) is 3.73. The maximum absolute atomic E-state index is 12.2. The molecule has 1 aromatic heterocycles.